The van der Waals surface area contributed by atoms with E-state index in [2.05, 4.69) is 6.92 Å². The first kappa shape index (κ1) is 21.5. The van der Waals surface area contributed by atoms with Crippen LogP contribution in [0, 0.1) is 13.8 Å². The Morgan fingerprint density at radius 3 is 1.45 bits per heavy atom. The molecule has 3 nitrogen and oxygen atoms in total. The summed E-state index contributed by atoms with van der Waals surface area (Å²) in [5, 5.41) is 0. The molecule has 1 aliphatic rings. The number of hydrogen-bond donors (Lipinski definition) is 0. The molecule has 0 saturated heterocycles. The Labute approximate surface area is 191 Å². The molecule has 2 amide bonds. The second kappa shape index (κ2) is 9.16. The summed E-state index contributed by atoms with van der Waals surface area (Å²) in [4.78, 5) is 30.9. The number of benzene rings is 3. The van der Waals surface area contributed by atoms with Gasteiger partial charge in [-0.05, 0) is 62.2 Å². The molecule has 4 rings (SSSR count). The third kappa shape index (κ3) is 4.63. The fraction of sp³-hybridized carbons (Fsp3) is 0.154. The maximum Gasteiger partial charge on any atom is 0.273 e. The van der Waals surface area contributed by atoms with E-state index in [4.69, 9.17) is 0 Å². The van der Waals surface area contributed by atoms with E-state index in [1.54, 1.807) is 0 Å². The number of rotatable bonds is 6. The standard InChI is InChI=1S/C26H23NO2S2/c1-4-19-9-11-20(12-10-19)27-25(28)23(30-21-13-5-17(2)6-14-21)24(26(27)29)31-22-15-7-18(3)8-16-22/h5-16H,4H2,1-3H3. The van der Waals surface area contributed by atoms with Crippen molar-refractivity contribution in [3.05, 3.63) is 99.3 Å². The molecule has 0 unspecified atom stereocenters. The van der Waals surface area contributed by atoms with Crippen LogP contribution in [-0.4, -0.2) is 11.8 Å². The van der Waals surface area contributed by atoms with Gasteiger partial charge < -0.3 is 0 Å². The van der Waals surface area contributed by atoms with Crippen molar-refractivity contribution >= 4 is 41.0 Å². The zero-order valence-corrected chi connectivity index (χ0v) is 19.3. The number of carbonyl (C=O) groups excluding carboxylic acids is 2. The molecular formula is C26H23NO2S2. The number of amides is 2. The zero-order chi connectivity index (χ0) is 22.0. The van der Waals surface area contributed by atoms with E-state index in [-0.39, 0.29) is 11.8 Å². The Morgan fingerprint density at radius 2 is 1.06 bits per heavy atom. The molecule has 31 heavy (non-hydrogen) atoms. The average molecular weight is 446 g/mol. The van der Waals surface area contributed by atoms with Crippen molar-refractivity contribution in [3.8, 4) is 0 Å². The molecule has 5 heteroatoms. The third-order valence-electron chi connectivity index (χ3n) is 5.09. The number of nitrogens with zero attached hydrogens (tertiary/aromatic N) is 1. The van der Waals surface area contributed by atoms with Crippen LogP contribution in [0.2, 0.25) is 0 Å². The zero-order valence-electron chi connectivity index (χ0n) is 17.7. The van der Waals surface area contributed by atoms with Gasteiger partial charge in [0.05, 0.1) is 15.5 Å². The highest BCUT2D eigenvalue weighted by Crippen LogP contribution is 2.43. The number of thioether (sulfide) groups is 2. The van der Waals surface area contributed by atoms with Crippen molar-refractivity contribution in [1.82, 2.24) is 0 Å². The molecule has 3 aromatic carbocycles. The predicted octanol–water partition coefficient (Wildman–Crippen LogP) is 6.54. The molecule has 156 valence electrons. The van der Waals surface area contributed by atoms with Gasteiger partial charge in [-0.3, -0.25) is 9.59 Å². The summed E-state index contributed by atoms with van der Waals surface area (Å²) >= 11 is 2.71. The van der Waals surface area contributed by atoms with Crippen molar-refractivity contribution in [2.75, 3.05) is 4.90 Å². The Hall–Kier alpha value is -2.76. The number of carbonyl (C=O) groups is 2. The molecule has 0 spiro atoms. The van der Waals surface area contributed by atoms with Crippen molar-refractivity contribution in [3.63, 3.8) is 0 Å². The SMILES string of the molecule is CCc1ccc(N2C(=O)C(Sc3ccc(C)cc3)=C(Sc3ccc(C)cc3)C2=O)cc1. The van der Waals surface area contributed by atoms with E-state index in [1.807, 2.05) is 86.6 Å². The fourth-order valence-corrected chi connectivity index (χ4v) is 5.22. The molecule has 0 aromatic heterocycles. The molecule has 3 aromatic rings. The van der Waals surface area contributed by atoms with Gasteiger partial charge in [0.15, 0.2) is 0 Å². The van der Waals surface area contributed by atoms with Crippen LogP contribution >= 0.6 is 23.5 Å². The van der Waals surface area contributed by atoms with E-state index < -0.39 is 0 Å². The molecule has 0 N–H and O–H groups in total. The van der Waals surface area contributed by atoms with Gasteiger partial charge in [-0.1, -0.05) is 78.0 Å². The second-order valence-corrected chi connectivity index (χ2v) is 9.62. The summed E-state index contributed by atoms with van der Waals surface area (Å²) in [6, 6.07) is 23.6. The average Bonchev–Trinajstić information content (AvgIpc) is 3.01. The van der Waals surface area contributed by atoms with Gasteiger partial charge in [0, 0.05) is 9.79 Å². The van der Waals surface area contributed by atoms with Gasteiger partial charge in [-0.25, -0.2) is 4.90 Å². The molecular weight excluding hydrogens is 422 g/mol. The summed E-state index contributed by atoms with van der Waals surface area (Å²) in [5.74, 6) is -0.538. The topological polar surface area (TPSA) is 37.4 Å². The lowest BCUT2D eigenvalue weighted by Gasteiger charge is -2.15. The molecule has 0 fully saturated rings. The number of hydrogen-bond acceptors (Lipinski definition) is 4. The van der Waals surface area contributed by atoms with Crippen LogP contribution in [0.15, 0.2) is 92.4 Å². The minimum absolute atomic E-state index is 0.269. The van der Waals surface area contributed by atoms with Crippen LogP contribution < -0.4 is 4.90 Å². The summed E-state index contributed by atoms with van der Waals surface area (Å²) in [7, 11) is 0. The smallest absolute Gasteiger partial charge is 0.268 e. The number of imide groups is 1. The Balaban J connectivity index is 1.71. The third-order valence-corrected chi connectivity index (χ3v) is 7.40. The van der Waals surface area contributed by atoms with Crippen molar-refractivity contribution in [2.24, 2.45) is 0 Å². The Morgan fingerprint density at radius 1 is 0.645 bits per heavy atom. The van der Waals surface area contributed by atoms with Gasteiger partial charge in [0.25, 0.3) is 11.8 Å². The maximum atomic E-state index is 13.4. The van der Waals surface area contributed by atoms with Gasteiger partial charge in [0.2, 0.25) is 0 Å². The van der Waals surface area contributed by atoms with Crippen LogP contribution in [0.5, 0.6) is 0 Å². The number of anilines is 1. The minimum atomic E-state index is -0.269. The van der Waals surface area contributed by atoms with Crippen molar-refractivity contribution in [1.29, 1.82) is 0 Å². The lowest BCUT2D eigenvalue weighted by Crippen LogP contribution is -2.31. The van der Waals surface area contributed by atoms with Gasteiger partial charge in [-0.2, -0.15) is 0 Å². The van der Waals surface area contributed by atoms with E-state index >= 15 is 0 Å². The molecule has 1 aliphatic heterocycles. The van der Waals surface area contributed by atoms with Gasteiger partial charge in [-0.15, -0.1) is 0 Å². The molecule has 0 aliphatic carbocycles. The van der Waals surface area contributed by atoms with Crippen molar-refractivity contribution in [2.45, 2.75) is 37.0 Å². The first-order valence-electron chi connectivity index (χ1n) is 10.2. The van der Waals surface area contributed by atoms with E-state index in [1.165, 1.54) is 34.0 Å². The Kier molecular flexibility index (Phi) is 6.35. The maximum absolute atomic E-state index is 13.4. The van der Waals surface area contributed by atoms with Gasteiger partial charge >= 0.3 is 0 Å². The van der Waals surface area contributed by atoms with Crippen LogP contribution in [0.25, 0.3) is 0 Å². The largest absolute Gasteiger partial charge is 0.273 e. The summed E-state index contributed by atoms with van der Waals surface area (Å²) in [6.07, 6.45) is 0.906. The molecule has 0 saturated carbocycles. The quantitative estimate of drug-likeness (QED) is 0.404. The molecule has 0 atom stereocenters. The molecule has 0 bridgehead atoms. The molecule has 0 radical (unpaired) electrons. The number of aryl methyl sites for hydroxylation is 3. The van der Waals surface area contributed by atoms with Crippen LogP contribution in [0.1, 0.15) is 23.6 Å². The Bertz CT molecular complexity index is 1080. The minimum Gasteiger partial charge on any atom is -0.268 e. The lowest BCUT2D eigenvalue weighted by molar-refractivity contribution is -0.120. The summed E-state index contributed by atoms with van der Waals surface area (Å²) < 4.78 is 0. The summed E-state index contributed by atoms with van der Waals surface area (Å²) in [6.45, 7) is 6.13. The van der Waals surface area contributed by atoms with Crippen molar-refractivity contribution < 1.29 is 9.59 Å². The van der Waals surface area contributed by atoms with Gasteiger partial charge in [0.1, 0.15) is 0 Å². The van der Waals surface area contributed by atoms with Crippen LogP contribution in [0.4, 0.5) is 5.69 Å². The highest BCUT2D eigenvalue weighted by Gasteiger charge is 2.40. The normalized spacial score (nSPS) is 14.0. The van der Waals surface area contributed by atoms with E-state index in [0.717, 1.165) is 27.3 Å². The van der Waals surface area contributed by atoms with E-state index in [0.29, 0.717) is 15.5 Å². The highest BCUT2D eigenvalue weighted by atomic mass is 32.2. The predicted molar refractivity (Wildman–Crippen MR) is 129 cm³/mol. The van der Waals surface area contributed by atoms with Crippen LogP contribution in [0.3, 0.4) is 0 Å². The lowest BCUT2D eigenvalue weighted by atomic mass is 10.1. The molecule has 1 heterocycles. The fourth-order valence-electron chi connectivity index (χ4n) is 3.23. The first-order valence-corrected chi connectivity index (χ1v) is 11.8. The first-order chi connectivity index (χ1) is 15.0. The van der Waals surface area contributed by atoms with E-state index in [9.17, 15) is 9.59 Å². The highest BCUT2D eigenvalue weighted by molar-refractivity contribution is 8.08. The summed E-state index contributed by atoms with van der Waals surface area (Å²) in [5.41, 5.74) is 4.08. The second-order valence-electron chi connectivity index (χ2n) is 7.45. The van der Waals surface area contributed by atoms with Crippen LogP contribution in [-0.2, 0) is 16.0 Å². The monoisotopic (exact) mass is 445 g/mol.